The molecule has 12 heavy (non-hydrogen) atoms. The third-order valence-electron chi connectivity index (χ3n) is 0.999. The summed E-state index contributed by atoms with van der Waals surface area (Å²) < 4.78 is 4.67. The van der Waals surface area contributed by atoms with Gasteiger partial charge in [-0.2, -0.15) is 0 Å². The van der Waals surface area contributed by atoms with Crippen LogP contribution in [0.25, 0.3) is 10.4 Å². The zero-order valence-electron chi connectivity index (χ0n) is 7.15. The number of ether oxygens (including phenoxy) is 1. The molecule has 0 radical (unpaired) electrons. The lowest BCUT2D eigenvalue weighted by molar-refractivity contribution is -0.140. The molecule has 0 aliphatic heterocycles. The quantitative estimate of drug-likeness (QED) is 0.211. The van der Waals surface area contributed by atoms with E-state index in [4.69, 9.17) is 5.53 Å². The monoisotopic (exact) mass is 169 g/mol. The van der Waals surface area contributed by atoms with E-state index in [2.05, 4.69) is 14.8 Å². The van der Waals surface area contributed by atoms with Gasteiger partial charge in [0.05, 0.1) is 0 Å². The first-order valence-corrected chi connectivity index (χ1v) is 3.46. The summed E-state index contributed by atoms with van der Waals surface area (Å²) in [5.74, 6) is -0.509. The van der Waals surface area contributed by atoms with Crippen LogP contribution in [0.2, 0.25) is 0 Å². The molecular formula is C7H11N3O2. The Labute approximate surface area is 70.6 Å². The maximum absolute atomic E-state index is 10.7. The molecule has 0 bridgehead atoms. The number of azide groups is 1. The normalized spacial score (nSPS) is 8.17. The molecular weight excluding hydrogens is 158 g/mol. The number of allylic oxidation sites excluding steroid dienone is 1. The highest BCUT2D eigenvalue weighted by Crippen LogP contribution is 1.89. The fraction of sp³-hybridized carbons (Fsp3) is 0.571. The van der Waals surface area contributed by atoms with Crippen molar-refractivity contribution in [2.45, 2.75) is 13.8 Å². The van der Waals surface area contributed by atoms with Crippen LogP contribution in [0, 0.1) is 0 Å². The lowest BCUT2D eigenvalue weighted by Crippen LogP contribution is -2.07. The van der Waals surface area contributed by atoms with Gasteiger partial charge in [0.25, 0.3) is 0 Å². The van der Waals surface area contributed by atoms with Crippen molar-refractivity contribution in [2.75, 3.05) is 13.2 Å². The summed E-state index contributed by atoms with van der Waals surface area (Å²) >= 11 is 0. The molecule has 66 valence electrons. The summed E-state index contributed by atoms with van der Waals surface area (Å²) in [6.45, 7) is 3.80. The van der Waals surface area contributed by atoms with Crippen LogP contribution >= 0.6 is 0 Å². The summed E-state index contributed by atoms with van der Waals surface area (Å²) in [4.78, 5) is 13.1. The molecule has 0 spiro atoms. The van der Waals surface area contributed by atoms with E-state index in [0.29, 0.717) is 0 Å². The topological polar surface area (TPSA) is 75.1 Å². The zero-order chi connectivity index (χ0) is 9.40. The number of hydrogen-bond donors (Lipinski definition) is 0. The van der Waals surface area contributed by atoms with Crippen molar-refractivity contribution in [1.29, 1.82) is 0 Å². The van der Waals surface area contributed by atoms with Gasteiger partial charge in [0.2, 0.25) is 0 Å². The number of esters is 1. The standard InChI is InChI=1S/C7H11N3O2/c1-6(2)3-4-12-7(11)5-9-10-8/h3H,4-5H2,1-2H3. The molecule has 0 aliphatic carbocycles. The predicted octanol–water partition coefficient (Wildman–Crippen LogP) is 1.81. The van der Waals surface area contributed by atoms with Crippen molar-refractivity contribution in [3.05, 3.63) is 22.1 Å². The molecule has 0 unspecified atom stereocenters. The number of carbonyl (C=O) groups is 1. The van der Waals surface area contributed by atoms with Crippen LogP contribution in [0.3, 0.4) is 0 Å². The first-order chi connectivity index (χ1) is 5.66. The number of nitrogens with zero attached hydrogens (tertiary/aromatic N) is 3. The summed E-state index contributed by atoms with van der Waals surface area (Å²) in [7, 11) is 0. The minimum absolute atomic E-state index is 0.238. The van der Waals surface area contributed by atoms with Crippen molar-refractivity contribution >= 4 is 5.97 Å². The van der Waals surface area contributed by atoms with Crippen molar-refractivity contribution in [2.24, 2.45) is 5.11 Å². The van der Waals surface area contributed by atoms with E-state index in [1.54, 1.807) is 6.08 Å². The van der Waals surface area contributed by atoms with Gasteiger partial charge in [-0.25, -0.2) is 0 Å². The maximum atomic E-state index is 10.7. The third-order valence-corrected chi connectivity index (χ3v) is 0.999. The van der Waals surface area contributed by atoms with Gasteiger partial charge < -0.3 is 4.74 Å². The highest BCUT2D eigenvalue weighted by Gasteiger charge is 1.96. The average Bonchev–Trinajstić information content (AvgIpc) is 2.00. The molecule has 0 amide bonds. The minimum Gasteiger partial charge on any atom is -0.461 e. The Morgan fingerprint density at radius 2 is 2.33 bits per heavy atom. The van der Waals surface area contributed by atoms with Gasteiger partial charge in [-0.15, -0.1) is 0 Å². The second-order valence-electron chi connectivity index (χ2n) is 2.35. The van der Waals surface area contributed by atoms with Gasteiger partial charge in [0.15, 0.2) is 0 Å². The molecule has 0 N–H and O–H groups in total. The van der Waals surface area contributed by atoms with Gasteiger partial charge in [-0.1, -0.05) is 10.7 Å². The fourth-order valence-electron chi connectivity index (χ4n) is 0.436. The summed E-state index contributed by atoms with van der Waals surface area (Å²) in [6.07, 6.45) is 1.77. The van der Waals surface area contributed by atoms with E-state index in [1.165, 1.54) is 0 Å². The van der Waals surface area contributed by atoms with Crippen LogP contribution in [0.5, 0.6) is 0 Å². The van der Waals surface area contributed by atoms with Gasteiger partial charge in [0, 0.05) is 4.91 Å². The maximum Gasteiger partial charge on any atom is 0.312 e. The number of rotatable bonds is 4. The van der Waals surface area contributed by atoms with Gasteiger partial charge in [-0.05, 0) is 25.5 Å². The van der Waals surface area contributed by atoms with Gasteiger partial charge >= 0.3 is 5.97 Å². The van der Waals surface area contributed by atoms with E-state index in [9.17, 15) is 4.79 Å². The molecule has 0 aromatic heterocycles. The molecule has 5 nitrogen and oxygen atoms in total. The van der Waals surface area contributed by atoms with Crippen LogP contribution in [-0.2, 0) is 9.53 Å². The summed E-state index contributed by atoms with van der Waals surface area (Å²) in [5, 5.41) is 3.05. The second kappa shape index (κ2) is 6.24. The first-order valence-electron chi connectivity index (χ1n) is 3.46. The lowest BCUT2D eigenvalue weighted by atomic mass is 10.3. The number of carbonyl (C=O) groups excluding carboxylic acids is 1. The fourth-order valence-corrected chi connectivity index (χ4v) is 0.436. The summed E-state index contributed by atoms with van der Waals surface area (Å²) in [6, 6.07) is 0. The van der Waals surface area contributed by atoms with Gasteiger partial charge in [-0.3, -0.25) is 4.79 Å². The van der Waals surface area contributed by atoms with Crippen LogP contribution in [-0.4, -0.2) is 19.1 Å². The average molecular weight is 169 g/mol. The van der Waals surface area contributed by atoms with Crippen molar-refractivity contribution < 1.29 is 9.53 Å². The number of hydrogen-bond acceptors (Lipinski definition) is 3. The molecule has 0 aromatic rings. The Hall–Kier alpha value is -1.48. The second-order valence-corrected chi connectivity index (χ2v) is 2.35. The van der Waals surface area contributed by atoms with E-state index in [0.717, 1.165) is 5.57 Å². The van der Waals surface area contributed by atoms with Crippen molar-refractivity contribution in [1.82, 2.24) is 0 Å². The Morgan fingerprint density at radius 3 is 2.83 bits per heavy atom. The third kappa shape index (κ3) is 6.64. The lowest BCUT2D eigenvalue weighted by Gasteiger charge is -1.97. The van der Waals surface area contributed by atoms with E-state index in [-0.39, 0.29) is 13.2 Å². The SMILES string of the molecule is CC(C)=CCOC(=O)CN=[N+]=[N-]. The van der Waals surface area contributed by atoms with Crippen molar-refractivity contribution in [3.63, 3.8) is 0 Å². The molecule has 0 heterocycles. The molecule has 5 heteroatoms. The highest BCUT2D eigenvalue weighted by molar-refractivity contribution is 5.71. The Morgan fingerprint density at radius 1 is 1.67 bits per heavy atom. The van der Waals surface area contributed by atoms with Crippen LogP contribution in [0.15, 0.2) is 16.8 Å². The van der Waals surface area contributed by atoms with Crippen molar-refractivity contribution in [3.8, 4) is 0 Å². The Bertz CT molecular complexity index is 225. The zero-order valence-corrected chi connectivity index (χ0v) is 7.15. The molecule has 0 atom stereocenters. The Balaban J connectivity index is 3.58. The predicted molar refractivity (Wildman–Crippen MR) is 44.4 cm³/mol. The summed E-state index contributed by atoms with van der Waals surface area (Å²) in [5.41, 5.74) is 8.94. The smallest absolute Gasteiger partial charge is 0.312 e. The van der Waals surface area contributed by atoms with E-state index in [1.807, 2.05) is 13.8 Å². The van der Waals surface area contributed by atoms with Gasteiger partial charge in [0.1, 0.15) is 13.2 Å². The Kier molecular flexibility index (Phi) is 5.47. The van der Waals surface area contributed by atoms with Crippen LogP contribution in [0.1, 0.15) is 13.8 Å². The molecule has 0 rings (SSSR count). The van der Waals surface area contributed by atoms with E-state index >= 15 is 0 Å². The first kappa shape index (κ1) is 10.5. The molecule has 0 saturated heterocycles. The molecule has 0 fully saturated rings. The minimum atomic E-state index is -0.509. The largest absolute Gasteiger partial charge is 0.461 e. The molecule has 0 aromatic carbocycles. The highest BCUT2D eigenvalue weighted by atomic mass is 16.5. The van der Waals surface area contributed by atoms with E-state index < -0.39 is 5.97 Å². The van der Waals surface area contributed by atoms with Crippen LogP contribution in [0.4, 0.5) is 0 Å². The molecule has 0 saturated carbocycles. The molecule has 0 aliphatic rings. The van der Waals surface area contributed by atoms with Crippen LogP contribution < -0.4 is 0 Å².